The Morgan fingerprint density at radius 3 is 2.16 bits per heavy atom. The zero-order valence-electron chi connectivity index (χ0n) is 22.3. The topological polar surface area (TPSA) is 91.4 Å². The molecule has 7 nitrogen and oxygen atoms in total. The first-order valence-corrected chi connectivity index (χ1v) is 14.1. The van der Waals surface area contributed by atoms with Crippen LogP contribution < -0.4 is 20.5 Å². The largest absolute Gasteiger partial charge is 0.497 e. The number of hydrogen-bond donors (Lipinski definition) is 2. The van der Waals surface area contributed by atoms with Gasteiger partial charge in [0.15, 0.2) is 5.16 Å². The number of amides is 1. The van der Waals surface area contributed by atoms with Crippen LogP contribution in [0.3, 0.4) is 0 Å². The Morgan fingerprint density at radius 1 is 0.919 bits per heavy atom. The predicted molar refractivity (Wildman–Crippen MR) is 152 cm³/mol. The van der Waals surface area contributed by atoms with Crippen molar-refractivity contribution in [3.05, 3.63) is 48.5 Å². The molecule has 1 aromatic heterocycles. The van der Waals surface area contributed by atoms with Gasteiger partial charge in [-0.15, -0.1) is 0 Å². The number of carbonyl (C=O) groups excluding carboxylic acids is 1. The molecule has 0 saturated carbocycles. The molecular formula is C29H40N4O3S. The van der Waals surface area contributed by atoms with Gasteiger partial charge in [-0.1, -0.05) is 18.2 Å². The van der Waals surface area contributed by atoms with Crippen LogP contribution in [0.1, 0.15) is 45.4 Å². The number of thioether (sulfide) groups is 1. The lowest BCUT2D eigenvalue weighted by atomic mass is 10.0. The third-order valence-electron chi connectivity index (χ3n) is 6.21. The van der Waals surface area contributed by atoms with Crippen LogP contribution in [-0.2, 0) is 11.3 Å². The van der Waals surface area contributed by atoms with Gasteiger partial charge in [0.05, 0.1) is 25.6 Å². The lowest BCUT2D eigenvalue weighted by Crippen LogP contribution is -2.24. The molecule has 0 aliphatic heterocycles. The van der Waals surface area contributed by atoms with Crippen molar-refractivity contribution in [1.29, 1.82) is 0 Å². The molecule has 0 bridgehead atoms. The van der Waals surface area contributed by atoms with Crippen molar-refractivity contribution in [2.24, 2.45) is 5.73 Å². The molecule has 3 rings (SSSR count). The first-order valence-electron chi connectivity index (χ1n) is 13.1. The second kappa shape index (κ2) is 15.3. The van der Waals surface area contributed by atoms with E-state index < -0.39 is 0 Å². The smallest absolute Gasteiger partial charge is 0.219 e. The summed E-state index contributed by atoms with van der Waals surface area (Å²) in [5, 5.41) is 4.04. The first-order chi connectivity index (χ1) is 18.1. The molecule has 3 N–H and O–H groups in total. The van der Waals surface area contributed by atoms with Crippen molar-refractivity contribution in [3.63, 3.8) is 0 Å². The Balaban J connectivity index is 1.68. The van der Waals surface area contributed by atoms with Crippen molar-refractivity contribution >= 4 is 17.7 Å². The molecule has 0 aliphatic carbocycles. The van der Waals surface area contributed by atoms with E-state index in [4.69, 9.17) is 20.2 Å². The summed E-state index contributed by atoms with van der Waals surface area (Å²) in [4.78, 5) is 17.1. The molecule has 2 aromatic carbocycles. The van der Waals surface area contributed by atoms with Crippen LogP contribution in [0.15, 0.2) is 53.7 Å². The Kier molecular flexibility index (Phi) is 11.8. The van der Waals surface area contributed by atoms with Gasteiger partial charge in [-0.05, 0) is 87.7 Å². The van der Waals surface area contributed by atoms with E-state index in [-0.39, 0.29) is 5.91 Å². The van der Waals surface area contributed by atoms with Crippen LogP contribution >= 0.6 is 11.8 Å². The maximum absolute atomic E-state index is 12.0. The summed E-state index contributed by atoms with van der Waals surface area (Å²) < 4.78 is 13.0. The van der Waals surface area contributed by atoms with Crippen LogP contribution in [0.2, 0.25) is 0 Å². The van der Waals surface area contributed by atoms with Crippen molar-refractivity contribution in [3.8, 4) is 34.0 Å². The number of methoxy groups -OCH3 is 2. The molecule has 37 heavy (non-hydrogen) atoms. The standard InChI is InChI=1S/C29H40N4O3S/c1-4-33-28(23-13-17-25(36-3)18-14-23)27(22-11-15-24(35-2)16-12-22)32-29(33)37-21-9-8-20-31-26(34)10-6-5-7-19-30/h11-18H,4-10,19-21,30H2,1-3H3,(H,31,34). The monoisotopic (exact) mass is 524 g/mol. The van der Waals surface area contributed by atoms with Crippen molar-refractivity contribution < 1.29 is 14.3 Å². The average molecular weight is 525 g/mol. The van der Waals surface area contributed by atoms with Gasteiger partial charge in [-0.25, -0.2) is 4.98 Å². The molecule has 0 unspecified atom stereocenters. The molecule has 8 heteroatoms. The first kappa shape index (κ1) is 28.6. The summed E-state index contributed by atoms with van der Waals surface area (Å²) >= 11 is 1.77. The Bertz CT molecular complexity index is 1100. The van der Waals surface area contributed by atoms with E-state index in [0.717, 1.165) is 83.6 Å². The highest BCUT2D eigenvalue weighted by Crippen LogP contribution is 2.37. The molecule has 0 spiro atoms. The number of rotatable bonds is 16. The highest BCUT2D eigenvalue weighted by molar-refractivity contribution is 7.99. The average Bonchev–Trinajstić information content (AvgIpc) is 3.31. The summed E-state index contributed by atoms with van der Waals surface area (Å²) in [7, 11) is 3.35. The second-order valence-corrected chi connectivity index (χ2v) is 9.86. The minimum Gasteiger partial charge on any atom is -0.497 e. The number of nitrogens with one attached hydrogen (secondary N) is 1. The van der Waals surface area contributed by atoms with Crippen LogP contribution in [0, 0.1) is 0 Å². The number of unbranched alkanes of at least 4 members (excludes halogenated alkanes) is 3. The molecule has 0 aliphatic rings. The van der Waals surface area contributed by atoms with E-state index in [1.165, 1.54) is 0 Å². The van der Waals surface area contributed by atoms with Crippen LogP contribution in [0.5, 0.6) is 11.5 Å². The fraction of sp³-hybridized carbons (Fsp3) is 0.448. The molecule has 0 radical (unpaired) electrons. The predicted octanol–water partition coefficient (Wildman–Crippen LogP) is 5.76. The van der Waals surface area contributed by atoms with Gasteiger partial charge >= 0.3 is 0 Å². The molecule has 0 saturated heterocycles. The van der Waals surface area contributed by atoms with E-state index in [1.807, 2.05) is 24.3 Å². The normalized spacial score (nSPS) is 10.9. The third kappa shape index (κ3) is 8.27. The summed E-state index contributed by atoms with van der Waals surface area (Å²) in [6, 6.07) is 16.2. The van der Waals surface area contributed by atoms with E-state index in [9.17, 15) is 4.79 Å². The number of nitrogens with two attached hydrogens (primary N) is 1. The number of aromatic nitrogens is 2. The number of hydrogen-bond acceptors (Lipinski definition) is 6. The molecular weight excluding hydrogens is 484 g/mol. The van der Waals surface area contributed by atoms with Crippen LogP contribution in [0.25, 0.3) is 22.5 Å². The summed E-state index contributed by atoms with van der Waals surface area (Å²) in [6.07, 6.45) is 5.45. The maximum Gasteiger partial charge on any atom is 0.219 e. The fourth-order valence-corrected chi connectivity index (χ4v) is 5.20. The molecule has 0 atom stereocenters. The Hall–Kier alpha value is -2.97. The number of carbonyl (C=O) groups is 1. The summed E-state index contributed by atoms with van der Waals surface area (Å²) in [5.74, 6) is 2.73. The molecule has 0 fully saturated rings. The fourth-order valence-electron chi connectivity index (χ4n) is 4.14. The quantitative estimate of drug-likeness (QED) is 0.183. The van der Waals surface area contributed by atoms with Crippen molar-refractivity contribution in [1.82, 2.24) is 14.9 Å². The zero-order valence-corrected chi connectivity index (χ0v) is 23.1. The van der Waals surface area contributed by atoms with E-state index in [1.54, 1.807) is 26.0 Å². The van der Waals surface area contributed by atoms with Gasteiger partial charge in [-0.3, -0.25) is 4.79 Å². The molecule has 200 valence electrons. The number of benzene rings is 2. The minimum atomic E-state index is 0.138. The SMILES string of the molecule is CCn1c(SCCCCNC(=O)CCCCCN)nc(-c2ccc(OC)cc2)c1-c1ccc(OC)cc1. The minimum absolute atomic E-state index is 0.138. The van der Waals surface area contributed by atoms with Crippen LogP contribution in [-0.4, -0.2) is 48.5 Å². The van der Waals surface area contributed by atoms with E-state index >= 15 is 0 Å². The van der Waals surface area contributed by atoms with Gasteiger partial charge in [0, 0.05) is 36.4 Å². The molecule has 1 amide bonds. The Morgan fingerprint density at radius 2 is 1.57 bits per heavy atom. The van der Waals surface area contributed by atoms with Gasteiger partial charge in [0.1, 0.15) is 11.5 Å². The van der Waals surface area contributed by atoms with E-state index in [0.29, 0.717) is 19.5 Å². The van der Waals surface area contributed by atoms with Crippen molar-refractivity contribution in [2.45, 2.75) is 57.1 Å². The van der Waals surface area contributed by atoms with Crippen molar-refractivity contribution in [2.75, 3.05) is 33.1 Å². The van der Waals surface area contributed by atoms with Crippen LogP contribution in [0.4, 0.5) is 0 Å². The zero-order chi connectivity index (χ0) is 26.5. The summed E-state index contributed by atoms with van der Waals surface area (Å²) in [6.45, 7) is 4.37. The highest BCUT2D eigenvalue weighted by atomic mass is 32.2. The summed E-state index contributed by atoms with van der Waals surface area (Å²) in [5.41, 5.74) is 9.71. The van der Waals surface area contributed by atoms with Gasteiger partial charge in [0.2, 0.25) is 5.91 Å². The lowest BCUT2D eigenvalue weighted by Gasteiger charge is -2.12. The highest BCUT2D eigenvalue weighted by Gasteiger charge is 2.20. The molecule has 3 aromatic rings. The second-order valence-electron chi connectivity index (χ2n) is 8.80. The molecule has 1 heterocycles. The third-order valence-corrected chi connectivity index (χ3v) is 7.27. The maximum atomic E-state index is 12.0. The number of ether oxygens (including phenoxy) is 2. The number of nitrogens with zero attached hydrogens (tertiary/aromatic N) is 2. The number of imidazole rings is 1. The van der Waals surface area contributed by atoms with E-state index in [2.05, 4.69) is 41.1 Å². The van der Waals surface area contributed by atoms with Gasteiger partial charge in [-0.2, -0.15) is 0 Å². The van der Waals surface area contributed by atoms with Gasteiger partial charge in [0.25, 0.3) is 0 Å². The Labute approximate surface area is 225 Å². The van der Waals surface area contributed by atoms with Gasteiger partial charge < -0.3 is 25.1 Å². The lowest BCUT2D eigenvalue weighted by molar-refractivity contribution is -0.121.